The van der Waals surface area contributed by atoms with E-state index in [2.05, 4.69) is 45.7 Å². The van der Waals surface area contributed by atoms with E-state index >= 15 is 0 Å². The molecule has 0 aliphatic carbocycles. The van der Waals surface area contributed by atoms with E-state index in [1.165, 1.54) is 49.2 Å². The van der Waals surface area contributed by atoms with Crippen molar-refractivity contribution >= 4 is 46.8 Å². The summed E-state index contributed by atoms with van der Waals surface area (Å²) in [5.74, 6) is 0. The summed E-state index contributed by atoms with van der Waals surface area (Å²) in [7, 11) is 0. The van der Waals surface area contributed by atoms with E-state index in [0.29, 0.717) is 0 Å². The van der Waals surface area contributed by atoms with Crippen LogP contribution < -0.4 is 0 Å². The fraction of sp³-hybridized carbons (Fsp3) is 1.00. The average Bonchev–Trinajstić information content (AvgIpc) is 2.28. The summed E-state index contributed by atoms with van der Waals surface area (Å²) < 4.78 is 0. The van der Waals surface area contributed by atoms with Crippen LogP contribution in [0.5, 0.6) is 0 Å². The summed E-state index contributed by atoms with van der Waals surface area (Å²) in [6, 6.07) is 0. The Bertz CT molecular complexity index is 117. The number of rotatable bonds is 10. The molecule has 0 amide bonds. The fourth-order valence-corrected chi connectivity index (χ4v) is 6.45. The van der Waals surface area contributed by atoms with Gasteiger partial charge in [0, 0.05) is 0 Å². The Hall–Kier alpha value is 1.48. The normalized spacial score (nSPS) is 15.2. The van der Waals surface area contributed by atoms with Crippen molar-refractivity contribution in [3.05, 3.63) is 0 Å². The summed E-state index contributed by atoms with van der Waals surface area (Å²) in [5.41, 5.74) is 0. The summed E-state index contributed by atoms with van der Waals surface area (Å²) >= 11 is 8.16. The van der Waals surface area contributed by atoms with Crippen molar-refractivity contribution in [1.82, 2.24) is 0 Å². The SMILES string of the molecule is CCCCC(CBr)[Se]C(CBr)CCCC. The third kappa shape index (κ3) is 9.21. The molecule has 0 saturated heterocycles. The van der Waals surface area contributed by atoms with Crippen LogP contribution in [0.25, 0.3) is 0 Å². The van der Waals surface area contributed by atoms with Gasteiger partial charge in [0.05, 0.1) is 0 Å². The molecule has 0 aromatic rings. The standard InChI is InChI=1S/C12H24Br2Se/c1-3-5-7-11(9-13)15-12(10-14)8-6-4-2/h11-12H,3-10H2,1-2H3. The Kier molecular flexibility index (Phi) is 13.1. The van der Waals surface area contributed by atoms with Gasteiger partial charge in [-0.15, -0.1) is 0 Å². The van der Waals surface area contributed by atoms with Crippen molar-refractivity contribution in [2.45, 2.75) is 62.0 Å². The van der Waals surface area contributed by atoms with Crippen molar-refractivity contribution in [2.24, 2.45) is 0 Å². The summed E-state index contributed by atoms with van der Waals surface area (Å²) in [6.07, 6.45) is 8.34. The van der Waals surface area contributed by atoms with Gasteiger partial charge in [-0.3, -0.25) is 0 Å². The van der Waals surface area contributed by atoms with Gasteiger partial charge in [0.1, 0.15) is 0 Å². The molecule has 2 atom stereocenters. The molecule has 92 valence electrons. The van der Waals surface area contributed by atoms with Crippen molar-refractivity contribution < 1.29 is 0 Å². The molecule has 0 radical (unpaired) electrons. The van der Waals surface area contributed by atoms with E-state index in [0.717, 1.165) is 24.6 Å². The van der Waals surface area contributed by atoms with E-state index in [9.17, 15) is 0 Å². The van der Waals surface area contributed by atoms with Crippen molar-refractivity contribution in [1.29, 1.82) is 0 Å². The number of alkyl halides is 2. The van der Waals surface area contributed by atoms with E-state index < -0.39 is 0 Å². The molecule has 0 aromatic carbocycles. The molecule has 0 nitrogen and oxygen atoms in total. The molecule has 0 fully saturated rings. The summed E-state index contributed by atoms with van der Waals surface area (Å²) in [6.45, 7) is 4.58. The first kappa shape index (κ1) is 16.5. The number of hydrogen-bond acceptors (Lipinski definition) is 0. The van der Waals surface area contributed by atoms with Gasteiger partial charge in [-0.2, -0.15) is 0 Å². The molecule has 0 bridgehead atoms. The maximum atomic E-state index is 3.67. The second-order valence-corrected chi connectivity index (χ2v) is 8.64. The van der Waals surface area contributed by atoms with Gasteiger partial charge >= 0.3 is 119 Å². The van der Waals surface area contributed by atoms with Gasteiger partial charge in [-0.1, -0.05) is 0 Å². The molecule has 0 aromatic heterocycles. The maximum absolute atomic E-state index is 3.67. The van der Waals surface area contributed by atoms with Gasteiger partial charge in [0.15, 0.2) is 0 Å². The van der Waals surface area contributed by atoms with Crippen molar-refractivity contribution in [3.63, 3.8) is 0 Å². The third-order valence-corrected chi connectivity index (χ3v) is 9.28. The van der Waals surface area contributed by atoms with E-state index in [-0.39, 0.29) is 0 Å². The van der Waals surface area contributed by atoms with Crippen LogP contribution >= 0.6 is 31.9 Å². The summed E-state index contributed by atoms with van der Waals surface area (Å²) in [5, 5.41) is 2.42. The molecule has 0 N–H and O–H groups in total. The zero-order valence-corrected chi connectivity index (χ0v) is 14.9. The van der Waals surface area contributed by atoms with Gasteiger partial charge in [0.25, 0.3) is 0 Å². The molecule has 2 unspecified atom stereocenters. The molecule has 3 heteroatoms. The van der Waals surface area contributed by atoms with E-state index in [4.69, 9.17) is 0 Å². The molecule has 0 rings (SSSR count). The number of unbranched alkanes of at least 4 members (excludes halogenated alkanes) is 2. The zero-order chi connectivity index (χ0) is 11.5. The molecule has 0 saturated carbocycles. The van der Waals surface area contributed by atoms with Gasteiger partial charge in [-0.25, -0.2) is 0 Å². The monoisotopic (exact) mass is 406 g/mol. The third-order valence-electron chi connectivity index (χ3n) is 2.49. The minimum atomic E-state index is 0.817. The fourth-order valence-electron chi connectivity index (χ4n) is 1.50. The first-order valence-corrected chi connectivity index (χ1v) is 10.3. The van der Waals surface area contributed by atoms with E-state index in [1.54, 1.807) is 0 Å². The van der Waals surface area contributed by atoms with Crippen LogP contribution in [0.4, 0.5) is 0 Å². The first-order valence-electron chi connectivity index (χ1n) is 6.05. The molecular weight excluding hydrogens is 383 g/mol. The molecular formula is C12H24Br2Se. The molecule has 0 aliphatic rings. The second kappa shape index (κ2) is 12.0. The minimum absolute atomic E-state index is 0.817. The van der Waals surface area contributed by atoms with Gasteiger partial charge in [0.2, 0.25) is 0 Å². The van der Waals surface area contributed by atoms with Crippen LogP contribution in [0, 0.1) is 0 Å². The van der Waals surface area contributed by atoms with Crippen molar-refractivity contribution in [3.8, 4) is 0 Å². The van der Waals surface area contributed by atoms with Crippen LogP contribution in [0.15, 0.2) is 0 Å². The Morgan fingerprint density at radius 2 is 1.27 bits per heavy atom. The van der Waals surface area contributed by atoms with Crippen LogP contribution in [-0.4, -0.2) is 25.6 Å². The second-order valence-electron chi connectivity index (χ2n) is 3.97. The van der Waals surface area contributed by atoms with Crippen molar-refractivity contribution in [2.75, 3.05) is 10.7 Å². The first-order chi connectivity index (χ1) is 7.28. The topological polar surface area (TPSA) is 0 Å². The molecule has 0 spiro atoms. The predicted molar refractivity (Wildman–Crippen MR) is 79.9 cm³/mol. The Morgan fingerprint density at radius 3 is 1.53 bits per heavy atom. The molecule has 0 heterocycles. The van der Waals surface area contributed by atoms with Crippen LogP contribution in [0.1, 0.15) is 52.4 Å². The average molecular weight is 407 g/mol. The van der Waals surface area contributed by atoms with Crippen LogP contribution in [0.2, 0.25) is 9.63 Å². The quantitative estimate of drug-likeness (QED) is 0.335. The van der Waals surface area contributed by atoms with Crippen LogP contribution in [-0.2, 0) is 0 Å². The Balaban J connectivity index is 3.77. The van der Waals surface area contributed by atoms with Crippen LogP contribution in [0.3, 0.4) is 0 Å². The molecule has 0 aliphatic heterocycles. The zero-order valence-electron chi connectivity index (χ0n) is 9.98. The Labute approximate surface area is 119 Å². The van der Waals surface area contributed by atoms with E-state index in [1.807, 2.05) is 0 Å². The number of hydrogen-bond donors (Lipinski definition) is 0. The Morgan fingerprint density at radius 1 is 0.867 bits per heavy atom. The van der Waals surface area contributed by atoms with Gasteiger partial charge in [-0.05, 0) is 0 Å². The number of halogens is 2. The molecule has 15 heavy (non-hydrogen) atoms. The summed E-state index contributed by atoms with van der Waals surface area (Å²) in [4.78, 5) is 1.91. The van der Waals surface area contributed by atoms with Gasteiger partial charge < -0.3 is 0 Å². The predicted octanol–water partition coefficient (Wildman–Crippen LogP) is 5.44.